The molecule has 2 aromatic carbocycles. The SMILES string of the molecule is CC1(c2ccc(Cl)cc2Cl)Oc2cccc(C3=CCNCC3)c2O1. The molecule has 2 aromatic rings. The maximum Gasteiger partial charge on any atom is 0.276 e. The van der Waals surface area contributed by atoms with Crippen molar-refractivity contribution in [1.29, 1.82) is 0 Å². The van der Waals surface area contributed by atoms with Gasteiger partial charge in [0.15, 0.2) is 11.5 Å². The Hall–Kier alpha value is -1.68. The zero-order valence-corrected chi connectivity index (χ0v) is 14.7. The molecule has 0 spiro atoms. The van der Waals surface area contributed by atoms with Crippen LogP contribution in [0.3, 0.4) is 0 Å². The first-order valence-electron chi connectivity index (χ1n) is 7.93. The van der Waals surface area contributed by atoms with E-state index in [4.69, 9.17) is 32.7 Å². The van der Waals surface area contributed by atoms with Crippen LogP contribution in [0.1, 0.15) is 24.5 Å². The summed E-state index contributed by atoms with van der Waals surface area (Å²) in [7, 11) is 0. The van der Waals surface area contributed by atoms with Gasteiger partial charge in [-0.25, -0.2) is 0 Å². The molecule has 5 heteroatoms. The number of hydrogen-bond acceptors (Lipinski definition) is 3. The van der Waals surface area contributed by atoms with E-state index in [0.717, 1.165) is 42.1 Å². The molecule has 1 atom stereocenters. The van der Waals surface area contributed by atoms with E-state index in [1.165, 1.54) is 5.57 Å². The van der Waals surface area contributed by atoms with Gasteiger partial charge in [-0.3, -0.25) is 0 Å². The summed E-state index contributed by atoms with van der Waals surface area (Å²) in [6.07, 6.45) is 3.17. The molecule has 1 N–H and O–H groups in total. The highest BCUT2D eigenvalue weighted by Crippen LogP contribution is 2.49. The van der Waals surface area contributed by atoms with E-state index in [1.54, 1.807) is 12.1 Å². The molecule has 0 amide bonds. The first-order valence-corrected chi connectivity index (χ1v) is 8.69. The minimum atomic E-state index is -0.965. The smallest absolute Gasteiger partial charge is 0.276 e. The second kappa shape index (κ2) is 5.99. The van der Waals surface area contributed by atoms with Crippen LogP contribution in [0.15, 0.2) is 42.5 Å². The first-order chi connectivity index (χ1) is 11.6. The third-order valence-electron chi connectivity index (χ3n) is 4.41. The summed E-state index contributed by atoms with van der Waals surface area (Å²) in [5.74, 6) is 0.549. The number of rotatable bonds is 2. The molecule has 0 bridgehead atoms. The Labute approximate surface area is 151 Å². The van der Waals surface area contributed by atoms with Gasteiger partial charge < -0.3 is 14.8 Å². The molecule has 0 aliphatic carbocycles. The zero-order valence-electron chi connectivity index (χ0n) is 13.2. The van der Waals surface area contributed by atoms with Crippen LogP contribution >= 0.6 is 23.2 Å². The summed E-state index contributed by atoms with van der Waals surface area (Å²) in [5, 5.41) is 4.44. The predicted molar refractivity (Wildman–Crippen MR) is 97.0 cm³/mol. The number of para-hydroxylation sites is 1. The van der Waals surface area contributed by atoms with Gasteiger partial charge in [-0.15, -0.1) is 0 Å². The lowest BCUT2D eigenvalue weighted by atomic mass is 9.99. The number of halogens is 2. The van der Waals surface area contributed by atoms with Crippen LogP contribution in [0, 0.1) is 0 Å². The molecule has 1 unspecified atom stereocenters. The van der Waals surface area contributed by atoms with Crippen molar-refractivity contribution in [2.45, 2.75) is 19.1 Å². The molecule has 0 radical (unpaired) electrons. The van der Waals surface area contributed by atoms with Gasteiger partial charge in [0, 0.05) is 24.1 Å². The van der Waals surface area contributed by atoms with Gasteiger partial charge in [-0.2, -0.15) is 0 Å². The fourth-order valence-electron chi connectivity index (χ4n) is 3.21. The van der Waals surface area contributed by atoms with Crippen LogP contribution in [0.5, 0.6) is 11.5 Å². The minimum Gasteiger partial charge on any atom is -0.444 e. The summed E-state index contributed by atoms with van der Waals surface area (Å²) < 4.78 is 12.4. The fourth-order valence-corrected chi connectivity index (χ4v) is 3.79. The monoisotopic (exact) mass is 361 g/mol. The highest BCUT2D eigenvalue weighted by molar-refractivity contribution is 6.35. The van der Waals surface area contributed by atoms with Gasteiger partial charge in [0.05, 0.1) is 10.6 Å². The number of fused-ring (bicyclic) bond motifs is 1. The third kappa shape index (κ3) is 2.67. The molecular weight excluding hydrogens is 345 g/mol. The second-order valence-electron chi connectivity index (χ2n) is 6.09. The summed E-state index contributed by atoms with van der Waals surface area (Å²) >= 11 is 12.4. The average molecular weight is 362 g/mol. The minimum absolute atomic E-state index is 0.528. The van der Waals surface area contributed by atoms with E-state index in [9.17, 15) is 0 Å². The van der Waals surface area contributed by atoms with Gasteiger partial charge >= 0.3 is 0 Å². The van der Waals surface area contributed by atoms with Crippen LogP contribution in [0.4, 0.5) is 0 Å². The van der Waals surface area contributed by atoms with E-state index in [2.05, 4.69) is 17.5 Å². The summed E-state index contributed by atoms with van der Waals surface area (Å²) in [4.78, 5) is 0. The van der Waals surface area contributed by atoms with Crippen molar-refractivity contribution in [1.82, 2.24) is 5.32 Å². The molecule has 2 aliphatic rings. The molecular formula is C19H17Cl2NO2. The zero-order chi connectivity index (χ0) is 16.7. The van der Waals surface area contributed by atoms with Crippen molar-refractivity contribution in [2.24, 2.45) is 0 Å². The lowest BCUT2D eigenvalue weighted by Gasteiger charge is -2.25. The maximum atomic E-state index is 6.37. The molecule has 0 saturated heterocycles. The summed E-state index contributed by atoms with van der Waals surface area (Å²) in [6.45, 7) is 3.72. The number of hydrogen-bond donors (Lipinski definition) is 1. The van der Waals surface area contributed by atoms with Crippen LogP contribution in [0.25, 0.3) is 5.57 Å². The van der Waals surface area contributed by atoms with Gasteiger partial charge in [0.1, 0.15) is 0 Å². The van der Waals surface area contributed by atoms with Crippen molar-refractivity contribution < 1.29 is 9.47 Å². The van der Waals surface area contributed by atoms with Crippen LogP contribution < -0.4 is 14.8 Å². The van der Waals surface area contributed by atoms with Crippen LogP contribution in [0.2, 0.25) is 10.0 Å². The lowest BCUT2D eigenvalue weighted by Crippen LogP contribution is -2.32. The van der Waals surface area contributed by atoms with Crippen LogP contribution in [-0.4, -0.2) is 13.1 Å². The molecule has 4 rings (SSSR count). The number of nitrogens with one attached hydrogen (secondary N) is 1. The summed E-state index contributed by atoms with van der Waals surface area (Å²) in [6, 6.07) is 11.3. The van der Waals surface area contributed by atoms with E-state index < -0.39 is 5.79 Å². The van der Waals surface area contributed by atoms with E-state index in [0.29, 0.717) is 10.0 Å². The summed E-state index contributed by atoms with van der Waals surface area (Å²) in [5.41, 5.74) is 3.12. The van der Waals surface area contributed by atoms with Gasteiger partial charge in [0.25, 0.3) is 5.79 Å². The van der Waals surface area contributed by atoms with Crippen LogP contribution in [-0.2, 0) is 5.79 Å². The Bertz CT molecular complexity index is 834. The highest BCUT2D eigenvalue weighted by atomic mass is 35.5. The molecule has 3 nitrogen and oxygen atoms in total. The molecule has 0 fully saturated rings. The third-order valence-corrected chi connectivity index (χ3v) is 4.96. The molecule has 2 aliphatic heterocycles. The Balaban J connectivity index is 1.75. The van der Waals surface area contributed by atoms with E-state index >= 15 is 0 Å². The van der Waals surface area contributed by atoms with Crippen molar-refractivity contribution >= 4 is 28.8 Å². The largest absolute Gasteiger partial charge is 0.444 e. The van der Waals surface area contributed by atoms with Gasteiger partial charge in [0.2, 0.25) is 0 Å². The quantitative estimate of drug-likeness (QED) is 0.814. The van der Waals surface area contributed by atoms with Crippen molar-refractivity contribution in [3.63, 3.8) is 0 Å². The number of ether oxygens (including phenoxy) is 2. The Morgan fingerprint density at radius 3 is 2.75 bits per heavy atom. The maximum absolute atomic E-state index is 6.37. The van der Waals surface area contributed by atoms with Gasteiger partial charge in [-0.05, 0) is 42.8 Å². The fraction of sp³-hybridized carbons (Fsp3) is 0.263. The molecule has 24 heavy (non-hydrogen) atoms. The average Bonchev–Trinajstić information content (AvgIpc) is 2.92. The standard InChI is InChI=1S/C19H17Cl2NO2/c1-19(15-6-5-13(20)11-16(15)21)23-17-4-2-3-14(18(17)24-19)12-7-9-22-10-8-12/h2-7,11,22H,8-10H2,1H3. The Morgan fingerprint density at radius 2 is 2.00 bits per heavy atom. The first kappa shape index (κ1) is 15.8. The molecule has 0 aromatic heterocycles. The van der Waals surface area contributed by atoms with Crippen molar-refractivity contribution in [2.75, 3.05) is 13.1 Å². The highest BCUT2D eigenvalue weighted by Gasteiger charge is 2.41. The normalized spacial score (nSPS) is 22.4. The van der Waals surface area contributed by atoms with E-state index in [1.807, 2.05) is 25.1 Å². The van der Waals surface area contributed by atoms with Gasteiger partial charge in [-0.1, -0.05) is 41.4 Å². The second-order valence-corrected chi connectivity index (χ2v) is 6.93. The Kier molecular flexibility index (Phi) is 3.95. The molecule has 0 saturated carbocycles. The Morgan fingerprint density at radius 1 is 1.12 bits per heavy atom. The lowest BCUT2D eigenvalue weighted by molar-refractivity contribution is -0.0680. The molecule has 124 valence electrons. The molecule has 2 heterocycles. The van der Waals surface area contributed by atoms with Crippen molar-refractivity contribution in [3.8, 4) is 11.5 Å². The van der Waals surface area contributed by atoms with Crippen molar-refractivity contribution in [3.05, 3.63) is 63.6 Å². The number of benzene rings is 2. The topological polar surface area (TPSA) is 30.5 Å². The van der Waals surface area contributed by atoms with E-state index in [-0.39, 0.29) is 0 Å². The predicted octanol–water partition coefficient (Wildman–Crippen LogP) is 5.01.